The summed E-state index contributed by atoms with van der Waals surface area (Å²) in [5.41, 5.74) is -1.26. The Morgan fingerprint density at radius 3 is 1.83 bits per heavy atom. The van der Waals surface area contributed by atoms with Gasteiger partial charge in [-0.15, -0.1) is 0 Å². The van der Waals surface area contributed by atoms with Crippen molar-refractivity contribution >= 4 is 13.6 Å². The third kappa shape index (κ3) is 7.67. The van der Waals surface area contributed by atoms with Gasteiger partial charge in [-0.3, -0.25) is 9.36 Å². The first-order valence-corrected chi connectivity index (χ1v) is 10.3. The minimum absolute atomic E-state index is 0.00620. The van der Waals surface area contributed by atoms with Gasteiger partial charge in [0, 0.05) is 0 Å². The van der Waals surface area contributed by atoms with Crippen LogP contribution in [0, 0.1) is 28.6 Å². The van der Waals surface area contributed by atoms with Crippen molar-refractivity contribution in [2.24, 2.45) is 28.6 Å². The molecule has 0 saturated heterocycles. The fourth-order valence-corrected chi connectivity index (χ4v) is 4.87. The lowest BCUT2D eigenvalue weighted by molar-refractivity contribution is -0.149. The number of hydrogen-bond acceptors (Lipinski definition) is 3. The summed E-state index contributed by atoms with van der Waals surface area (Å²) in [5, 5.41) is 0. The maximum absolute atomic E-state index is 12.2. The molecule has 0 heterocycles. The summed E-state index contributed by atoms with van der Waals surface area (Å²) in [6, 6.07) is 0. The fourth-order valence-electron chi connectivity index (χ4n) is 3.25. The monoisotopic (exact) mass is 364 g/mol. The molecule has 0 aromatic carbocycles. The van der Waals surface area contributed by atoms with E-state index in [4.69, 9.17) is 4.74 Å². The van der Waals surface area contributed by atoms with Crippen LogP contribution in [0.25, 0.3) is 0 Å². The number of methoxy groups -OCH3 is 1. The molecule has 2 N–H and O–H groups in total. The van der Waals surface area contributed by atoms with Crippen LogP contribution < -0.4 is 0 Å². The lowest BCUT2D eigenvalue weighted by atomic mass is 9.72. The van der Waals surface area contributed by atoms with Crippen molar-refractivity contribution in [1.82, 2.24) is 0 Å². The average Bonchev–Trinajstić information content (AvgIpc) is 2.36. The van der Waals surface area contributed by atoms with Gasteiger partial charge in [0.05, 0.1) is 18.7 Å². The van der Waals surface area contributed by atoms with Gasteiger partial charge < -0.3 is 14.5 Å². The van der Waals surface area contributed by atoms with Crippen molar-refractivity contribution in [3.8, 4) is 0 Å². The highest BCUT2D eigenvalue weighted by Crippen LogP contribution is 2.53. The van der Waals surface area contributed by atoms with Gasteiger partial charge in [0.15, 0.2) is 0 Å². The van der Waals surface area contributed by atoms with Crippen LogP contribution in [0.5, 0.6) is 0 Å². The van der Waals surface area contributed by atoms with Gasteiger partial charge in [-0.1, -0.05) is 55.4 Å². The predicted molar refractivity (Wildman–Crippen MR) is 97.8 cm³/mol. The van der Waals surface area contributed by atoms with E-state index in [2.05, 4.69) is 20.8 Å². The minimum Gasteiger partial charge on any atom is -0.469 e. The minimum atomic E-state index is -4.21. The number of hydrogen-bond donors (Lipinski definition) is 2. The summed E-state index contributed by atoms with van der Waals surface area (Å²) in [5.74, 6) is -0.545. The average molecular weight is 364 g/mol. The molecule has 144 valence electrons. The van der Waals surface area contributed by atoms with Crippen molar-refractivity contribution in [3.63, 3.8) is 0 Å². The van der Waals surface area contributed by atoms with Crippen molar-refractivity contribution in [3.05, 3.63) is 0 Å². The molecule has 0 aliphatic rings. The number of rotatable bonds is 7. The van der Waals surface area contributed by atoms with E-state index in [0.717, 1.165) is 0 Å². The lowest BCUT2D eigenvalue weighted by Gasteiger charge is -2.37. The second-order valence-corrected chi connectivity index (χ2v) is 11.2. The van der Waals surface area contributed by atoms with Crippen LogP contribution in [0.4, 0.5) is 0 Å². The Labute approximate surface area is 147 Å². The molecule has 5 nitrogen and oxygen atoms in total. The van der Waals surface area contributed by atoms with Gasteiger partial charge >= 0.3 is 13.6 Å². The van der Waals surface area contributed by atoms with E-state index in [9.17, 15) is 19.1 Å². The Morgan fingerprint density at radius 1 is 1.08 bits per heavy atom. The summed E-state index contributed by atoms with van der Waals surface area (Å²) in [6.07, 6.45) is 1.06. The van der Waals surface area contributed by atoms with Gasteiger partial charge in [-0.05, 0) is 35.5 Å². The lowest BCUT2D eigenvalue weighted by Crippen LogP contribution is -2.35. The molecule has 0 radical (unpaired) electrons. The zero-order chi connectivity index (χ0) is 19.5. The first-order valence-electron chi connectivity index (χ1n) is 8.63. The van der Waals surface area contributed by atoms with E-state index in [0.29, 0.717) is 12.8 Å². The number of ether oxygens (including phenoxy) is 1. The van der Waals surface area contributed by atoms with Crippen LogP contribution in [0.3, 0.4) is 0 Å². The molecular weight excluding hydrogens is 327 g/mol. The summed E-state index contributed by atoms with van der Waals surface area (Å²) in [6.45, 7) is 15.7. The van der Waals surface area contributed by atoms with Crippen LogP contribution in [-0.4, -0.2) is 28.5 Å². The molecule has 0 fully saturated rings. The Morgan fingerprint density at radius 2 is 1.54 bits per heavy atom. The highest BCUT2D eigenvalue weighted by molar-refractivity contribution is 7.52. The highest BCUT2D eigenvalue weighted by atomic mass is 31.2. The smallest absolute Gasteiger partial charge is 0.329 e. The van der Waals surface area contributed by atoms with Gasteiger partial charge in [0.25, 0.3) is 0 Å². The highest BCUT2D eigenvalue weighted by Gasteiger charge is 2.42. The molecule has 0 rings (SSSR count). The molecule has 0 bridgehead atoms. The van der Waals surface area contributed by atoms with Crippen LogP contribution in [0.2, 0.25) is 0 Å². The Kier molecular flexibility index (Phi) is 8.20. The van der Waals surface area contributed by atoms with Crippen molar-refractivity contribution in [1.29, 1.82) is 0 Å². The molecule has 0 amide bonds. The van der Waals surface area contributed by atoms with E-state index in [-0.39, 0.29) is 29.1 Å². The molecule has 0 aliphatic carbocycles. The molecule has 0 saturated carbocycles. The molecule has 0 aromatic rings. The third-order valence-electron chi connectivity index (χ3n) is 4.87. The normalized spacial score (nSPS) is 18.6. The first-order chi connectivity index (χ1) is 10.5. The molecule has 6 heteroatoms. The van der Waals surface area contributed by atoms with Crippen LogP contribution >= 0.6 is 7.60 Å². The molecule has 0 aromatic heterocycles. The second kappa shape index (κ2) is 8.33. The fraction of sp³-hybridized carbons (Fsp3) is 0.944. The van der Waals surface area contributed by atoms with E-state index >= 15 is 0 Å². The predicted octanol–water partition coefficient (Wildman–Crippen LogP) is 4.47. The van der Waals surface area contributed by atoms with Crippen LogP contribution in [-0.2, 0) is 14.1 Å². The van der Waals surface area contributed by atoms with Crippen molar-refractivity contribution in [2.75, 3.05) is 7.11 Å². The summed E-state index contributed by atoms with van der Waals surface area (Å²) in [4.78, 5) is 31.7. The second-order valence-electron chi connectivity index (χ2n) is 9.44. The van der Waals surface area contributed by atoms with Gasteiger partial charge in [0.1, 0.15) is 0 Å². The Bertz CT molecular complexity index is 455. The maximum atomic E-state index is 12.2. The number of carbonyl (C=O) groups is 1. The van der Waals surface area contributed by atoms with Crippen LogP contribution in [0.15, 0.2) is 0 Å². The quantitative estimate of drug-likeness (QED) is 0.514. The Balaban J connectivity index is 5.38. The van der Waals surface area contributed by atoms with Gasteiger partial charge in [0.2, 0.25) is 0 Å². The molecule has 4 unspecified atom stereocenters. The van der Waals surface area contributed by atoms with E-state index in [1.165, 1.54) is 7.11 Å². The molecular formula is C18H37O5P. The summed E-state index contributed by atoms with van der Waals surface area (Å²) < 4.78 is 16.9. The number of carbonyl (C=O) groups excluding carboxylic acids is 1. The zero-order valence-electron chi connectivity index (χ0n) is 16.8. The SMILES string of the molecule is COC(=O)C(CC(C)(C)C)C(C)C(C)CC(C(C)(C)C)P(=O)(O)O. The van der Waals surface area contributed by atoms with Crippen molar-refractivity contribution in [2.45, 2.75) is 73.9 Å². The zero-order valence-corrected chi connectivity index (χ0v) is 17.7. The standard InChI is InChI=1S/C18H37O5P/c1-12(10-15(18(6,7)8)24(20,21)22)13(2)14(16(19)23-9)11-17(3,4)5/h12-15H,10-11H2,1-9H3,(H2,20,21,22). The summed E-state index contributed by atoms with van der Waals surface area (Å²) in [7, 11) is -2.82. The first kappa shape index (κ1) is 23.6. The molecule has 4 atom stereocenters. The summed E-state index contributed by atoms with van der Waals surface area (Å²) >= 11 is 0. The van der Waals surface area contributed by atoms with E-state index < -0.39 is 18.7 Å². The third-order valence-corrected chi connectivity index (χ3v) is 6.67. The van der Waals surface area contributed by atoms with Crippen molar-refractivity contribution < 1.29 is 23.9 Å². The largest absolute Gasteiger partial charge is 0.469 e. The molecule has 24 heavy (non-hydrogen) atoms. The van der Waals surface area contributed by atoms with E-state index in [1.54, 1.807) is 0 Å². The van der Waals surface area contributed by atoms with E-state index in [1.807, 2.05) is 34.6 Å². The molecule has 0 spiro atoms. The number of esters is 1. The maximum Gasteiger partial charge on any atom is 0.329 e. The van der Waals surface area contributed by atoms with Crippen LogP contribution in [0.1, 0.15) is 68.2 Å². The topological polar surface area (TPSA) is 83.8 Å². The van der Waals surface area contributed by atoms with Gasteiger partial charge in [-0.2, -0.15) is 0 Å². The van der Waals surface area contributed by atoms with Gasteiger partial charge in [-0.25, -0.2) is 0 Å². The Hall–Kier alpha value is -0.380. The molecule has 0 aliphatic heterocycles.